The minimum Gasteiger partial charge on any atom is -0.323 e. The Hall–Kier alpha value is -1.47. The fourth-order valence-electron chi connectivity index (χ4n) is 1.22. The van der Waals surface area contributed by atoms with E-state index in [1.165, 1.54) is 6.07 Å². The first-order valence-corrected chi connectivity index (χ1v) is 6.93. The van der Waals surface area contributed by atoms with Crippen molar-refractivity contribution in [3.05, 3.63) is 24.0 Å². The molecule has 1 atom stereocenters. The highest BCUT2D eigenvalue weighted by Gasteiger charge is 2.15. The van der Waals surface area contributed by atoms with Crippen LogP contribution in [-0.2, 0) is 14.8 Å². The maximum Gasteiger partial charge on any atom is 0.238 e. The Labute approximate surface area is 105 Å². The van der Waals surface area contributed by atoms with Crippen molar-refractivity contribution in [2.24, 2.45) is 11.1 Å². The first kappa shape index (κ1) is 14.6. The average Bonchev–Trinajstić information content (AvgIpc) is 2.29. The van der Waals surface area contributed by atoms with Crippen LogP contribution < -0.4 is 10.5 Å². The molecular weight excluding hydrogens is 259 g/mol. The molecule has 0 bridgehead atoms. The van der Waals surface area contributed by atoms with Crippen molar-refractivity contribution < 1.29 is 17.6 Å². The summed E-state index contributed by atoms with van der Waals surface area (Å²) in [6.07, 6.45) is 0.628. The first-order chi connectivity index (χ1) is 8.25. The fraction of sp³-hybridized carbons (Fsp3) is 0.364. The van der Waals surface area contributed by atoms with Crippen LogP contribution in [0.1, 0.15) is 20.3 Å². The number of sulfonamides is 1. The van der Waals surface area contributed by atoms with Crippen molar-refractivity contribution in [1.29, 1.82) is 0 Å². The van der Waals surface area contributed by atoms with Crippen LogP contribution in [0.2, 0.25) is 0 Å². The number of halogens is 1. The van der Waals surface area contributed by atoms with E-state index in [4.69, 9.17) is 5.14 Å². The van der Waals surface area contributed by atoms with Gasteiger partial charge in [-0.05, 0) is 24.6 Å². The van der Waals surface area contributed by atoms with E-state index in [2.05, 4.69) is 5.32 Å². The predicted molar refractivity (Wildman–Crippen MR) is 65.9 cm³/mol. The number of hydrogen-bond acceptors (Lipinski definition) is 3. The Balaban J connectivity index is 2.97. The monoisotopic (exact) mass is 274 g/mol. The number of benzene rings is 1. The van der Waals surface area contributed by atoms with E-state index < -0.39 is 15.8 Å². The molecule has 0 saturated heterocycles. The maximum absolute atomic E-state index is 13.6. The second-order valence-corrected chi connectivity index (χ2v) is 5.55. The quantitative estimate of drug-likeness (QED) is 0.871. The summed E-state index contributed by atoms with van der Waals surface area (Å²) in [4.78, 5) is 11.2. The topological polar surface area (TPSA) is 89.3 Å². The Morgan fingerprint density at radius 3 is 2.56 bits per heavy atom. The number of nitrogens with one attached hydrogen (secondary N) is 1. The van der Waals surface area contributed by atoms with Crippen LogP contribution in [0.5, 0.6) is 0 Å². The zero-order valence-corrected chi connectivity index (χ0v) is 10.9. The largest absolute Gasteiger partial charge is 0.323 e. The number of carbonyl (C=O) groups is 1. The van der Waals surface area contributed by atoms with E-state index in [0.717, 1.165) is 12.1 Å². The third kappa shape index (κ3) is 3.51. The Morgan fingerprint density at radius 1 is 1.50 bits per heavy atom. The molecule has 1 amide bonds. The van der Waals surface area contributed by atoms with Gasteiger partial charge in [-0.3, -0.25) is 4.79 Å². The van der Waals surface area contributed by atoms with Gasteiger partial charge in [0.25, 0.3) is 0 Å². The zero-order valence-electron chi connectivity index (χ0n) is 10.1. The summed E-state index contributed by atoms with van der Waals surface area (Å²) in [7, 11) is -3.94. The lowest BCUT2D eigenvalue weighted by Crippen LogP contribution is -2.20. The molecule has 0 saturated carbocycles. The van der Waals surface area contributed by atoms with Crippen molar-refractivity contribution >= 4 is 21.6 Å². The zero-order chi connectivity index (χ0) is 13.9. The summed E-state index contributed by atoms with van der Waals surface area (Å²) in [6.45, 7) is 3.55. The van der Waals surface area contributed by atoms with Crippen LogP contribution in [0.3, 0.4) is 0 Å². The van der Waals surface area contributed by atoms with Gasteiger partial charge in [-0.25, -0.2) is 17.9 Å². The van der Waals surface area contributed by atoms with E-state index in [-0.39, 0.29) is 22.4 Å². The third-order valence-corrected chi connectivity index (χ3v) is 3.50. The smallest absolute Gasteiger partial charge is 0.238 e. The van der Waals surface area contributed by atoms with Gasteiger partial charge in [0, 0.05) is 5.92 Å². The molecule has 0 fully saturated rings. The summed E-state index contributed by atoms with van der Waals surface area (Å²) >= 11 is 0. The molecule has 0 aromatic heterocycles. The van der Waals surface area contributed by atoms with Gasteiger partial charge in [-0.15, -0.1) is 0 Å². The highest BCUT2D eigenvalue weighted by Crippen LogP contribution is 2.19. The van der Waals surface area contributed by atoms with Crippen molar-refractivity contribution in [3.63, 3.8) is 0 Å². The lowest BCUT2D eigenvalue weighted by molar-refractivity contribution is -0.119. The average molecular weight is 274 g/mol. The second-order valence-electron chi connectivity index (χ2n) is 3.99. The highest BCUT2D eigenvalue weighted by molar-refractivity contribution is 7.89. The van der Waals surface area contributed by atoms with Crippen LogP contribution in [-0.4, -0.2) is 14.3 Å². The third-order valence-electron chi connectivity index (χ3n) is 2.59. The van der Waals surface area contributed by atoms with E-state index in [1.54, 1.807) is 6.92 Å². The summed E-state index contributed by atoms with van der Waals surface area (Å²) in [5, 5.41) is 7.25. The lowest BCUT2D eigenvalue weighted by atomic mass is 10.1. The second kappa shape index (κ2) is 5.45. The molecule has 0 aliphatic rings. The van der Waals surface area contributed by atoms with Crippen molar-refractivity contribution in [2.45, 2.75) is 25.2 Å². The van der Waals surface area contributed by atoms with Crippen LogP contribution in [0.4, 0.5) is 10.1 Å². The molecule has 1 unspecified atom stereocenters. The number of anilines is 1. The number of nitrogens with two attached hydrogens (primary N) is 1. The summed E-state index contributed by atoms with van der Waals surface area (Å²) < 4.78 is 35.6. The van der Waals surface area contributed by atoms with Crippen molar-refractivity contribution in [3.8, 4) is 0 Å². The predicted octanol–water partition coefficient (Wildman–Crippen LogP) is 1.46. The van der Waals surface area contributed by atoms with Gasteiger partial charge in [0.1, 0.15) is 5.82 Å². The summed E-state index contributed by atoms with van der Waals surface area (Å²) in [6, 6.07) is 3.10. The molecule has 3 N–H and O–H groups in total. The Bertz CT molecular complexity index is 557. The molecular formula is C11H15FN2O3S. The lowest BCUT2D eigenvalue weighted by Gasteiger charge is -2.11. The summed E-state index contributed by atoms with van der Waals surface area (Å²) in [5.41, 5.74) is -0.0623. The molecule has 0 aliphatic carbocycles. The minimum atomic E-state index is -3.94. The van der Waals surface area contributed by atoms with Gasteiger partial charge >= 0.3 is 0 Å². The Morgan fingerprint density at radius 2 is 2.11 bits per heavy atom. The van der Waals surface area contributed by atoms with Gasteiger partial charge in [0.15, 0.2) is 0 Å². The molecule has 5 nitrogen and oxygen atoms in total. The van der Waals surface area contributed by atoms with E-state index in [0.29, 0.717) is 6.42 Å². The molecule has 0 radical (unpaired) electrons. The van der Waals surface area contributed by atoms with E-state index in [1.807, 2.05) is 6.92 Å². The van der Waals surface area contributed by atoms with Gasteiger partial charge in [-0.2, -0.15) is 0 Å². The number of hydrogen-bond donors (Lipinski definition) is 2. The number of carbonyl (C=O) groups excluding carboxylic acids is 1. The van der Waals surface area contributed by atoms with Gasteiger partial charge in [0.05, 0.1) is 10.6 Å². The van der Waals surface area contributed by atoms with Gasteiger partial charge < -0.3 is 5.32 Å². The van der Waals surface area contributed by atoms with Crippen molar-refractivity contribution in [1.82, 2.24) is 0 Å². The summed E-state index contributed by atoms with van der Waals surface area (Å²) in [5.74, 6) is -1.40. The highest BCUT2D eigenvalue weighted by atomic mass is 32.2. The minimum absolute atomic E-state index is 0.0623. The number of primary sulfonamides is 1. The number of rotatable bonds is 4. The molecule has 1 rings (SSSR count). The molecule has 7 heteroatoms. The molecule has 100 valence electrons. The van der Waals surface area contributed by atoms with E-state index >= 15 is 0 Å². The standard InChI is InChI=1S/C11H15FN2O3S/c1-3-7(2)11(15)14-10-5-4-8(6-9(10)12)18(13,16)17/h4-7H,3H2,1-2H3,(H,14,15)(H2,13,16,17). The first-order valence-electron chi connectivity index (χ1n) is 5.39. The van der Waals surface area contributed by atoms with Crippen LogP contribution in [0, 0.1) is 11.7 Å². The number of amides is 1. The maximum atomic E-state index is 13.6. The van der Waals surface area contributed by atoms with E-state index in [9.17, 15) is 17.6 Å². The van der Waals surface area contributed by atoms with Crippen LogP contribution in [0.15, 0.2) is 23.1 Å². The normalized spacial score (nSPS) is 13.1. The Kier molecular flexibility index (Phi) is 4.42. The SMILES string of the molecule is CCC(C)C(=O)Nc1ccc(S(N)(=O)=O)cc1F. The fourth-order valence-corrected chi connectivity index (χ4v) is 1.74. The molecule has 0 aliphatic heterocycles. The molecule has 1 aromatic rings. The van der Waals surface area contributed by atoms with Crippen LogP contribution >= 0.6 is 0 Å². The molecule has 18 heavy (non-hydrogen) atoms. The van der Waals surface area contributed by atoms with Crippen molar-refractivity contribution in [2.75, 3.05) is 5.32 Å². The molecule has 1 aromatic carbocycles. The van der Waals surface area contributed by atoms with Gasteiger partial charge in [-0.1, -0.05) is 13.8 Å². The molecule has 0 spiro atoms. The molecule has 0 heterocycles. The van der Waals surface area contributed by atoms with Gasteiger partial charge in [0.2, 0.25) is 15.9 Å². The van der Waals surface area contributed by atoms with Crippen LogP contribution in [0.25, 0.3) is 0 Å².